The van der Waals surface area contributed by atoms with Crippen molar-refractivity contribution in [1.29, 1.82) is 0 Å². The zero-order chi connectivity index (χ0) is 20.9. The number of ether oxygens (including phenoxy) is 2. The van der Waals surface area contributed by atoms with Crippen molar-refractivity contribution in [3.8, 4) is 11.5 Å². The fourth-order valence-corrected chi connectivity index (χ4v) is 3.06. The number of para-hydroxylation sites is 2. The molecular weight excluding hydrogens is 382 g/mol. The topological polar surface area (TPSA) is 85.7 Å². The quantitative estimate of drug-likeness (QED) is 0.503. The van der Waals surface area contributed by atoms with Crippen LogP contribution in [-0.2, 0) is 6.61 Å². The van der Waals surface area contributed by atoms with E-state index in [4.69, 9.17) is 9.47 Å². The molecule has 0 bridgehead atoms. The second kappa shape index (κ2) is 8.48. The number of hydrogen-bond donors (Lipinski definition) is 1. The first-order valence-corrected chi connectivity index (χ1v) is 9.29. The Hall–Kier alpha value is -4.13. The third-order valence-electron chi connectivity index (χ3n) is 4.55. The molecular formula is C23H19N3O4. The van der Waals surface area contributed by atoms with E-state index in [-0.39, 0.29) is 0 Å². The molecule has 1 N–H and O–H groups in total. The molecule has 150 valence electrons. The Morgan fingerprint density at radius 2 is 1.73 bits per heavy atom. The Balaban J connectivity index is 1.71. The van der Waals surface area contributed by atoms with Gasteiger partial charge >= 0.3 is 5.69 Å². The fraction of sp³-hybridized carbons (Fsp3) is 0.0870. The Morgan fingerprint density at radius 1 is 0.967 bits per heavy atom. The minimum atomic E-state index is -0.621. The summed E-state index contributed by atoms with van der Waals surface area (Å²) in [5.74, 6) is 0.993. The molecule has 0 amide bonds. The highest BCUT2D eigenvalue weighted by molar-refractivity contribution is 5.85. The maximum atomic E-state index is 12.7. The highest BCUT2D eigenvalue weighted by Gasteiger charge is 2.11. The molecule has 1 heterocycles. The number of rotatable bonds is 6. The molecule has 30 heavy (non-hydrogen) atoms. The van der Waals surface area contributed by atoms with E-state index in [1.807, 2.05) is 30.3 Å². The Labute approximate surface area is 171 Å². The number of aromatic amines is 1. The molecule has 0 unspecified atom stereocenters. The molecule has 7 heteroatoms. The van der Waals surface area contributed by atoms with Crippen LogP contribution in [0.25, 0.3) is 10.9 Å². The number of nitrogens with zero attached hydrogens (tertiary/aromatic N) is 2. The van der Waals surface area contributed by atoms with E-state index in [1.54, 1.807) is 49.6 Å². The minimum absolute atomic E-state index is 0.332. The molecule has 7 nitrogen and oxygen atoms in total. The molecule has 0 radical (unpaired) electrons. The molecule has 4 rings (SSSR count). The van der Waals surface area contributed by atoms with Crippen molar-refractivity contribution in [2.75, 3.05) is 7.11 Å². The third kappa shape index (κ3) is 3.86. The number of H-pyrrole nitrogens is 1. The van der Waals surface area contributed by atoms with Gasteiger partial charge in [-0.05, 0) is 29.8 Å². The van der Waals surface area contributed by atoms with Gasteiger partial charge in [0, 0.05) is 5.56 Å². The van der Waals surface area contributed by atoms with Gasteiger partial charge in [0.05, 0.1) is 24.2 Å². The Kier molecular flexibility index (Phi) is 5.43. The van der Waals surface area contributed by atoms with Crippen LogP contribution in [-0.4, -0.2) is 23.0 Å². The number of nitrogens with one attached hydrogen (secondary N) is 1. The first-order chi connectivity index (χ1) is 14.7. The van der Waals surface area contributed by atoms with E-state index >= 15 is 0 Å². The van der Waals surface area contributed by atoms with Gasteiger partial charge in [-0.2, -0.15) is 5.10 Å². The SMILES string of the molecule is COc1cccc(C=Nn2c(=O)[nH]c3ccccc3c2=O)c1OCc1ccccc1. The molecule has 0 atom stereocenters. The van der Waals surface area contributed by atoms with Crippen LogP contribution >= 0.6 is 0 Å². The van der Waals surface area contributed by atoms with E-state index in [0.717, 1.165) is 10.2 Å². The summed E-state index contributed by atoms with van der Waals surface area (Å²) in [7, 11) is 1.55. The largest absolute Gasteiger partial charge is 0.493 e. The molecule has 0 aliphatic heterocycles. The monoisotopic (exact) mass is 401 g/mol. The Morgan fingerprint density at radius 3 is 2.53 bits per heavy atom. The van der Waals surface area contributed by atoms with Gasteiger partial charge in [-0.3, -0.25) is 4.79 Å². The van der Waals surface area contributed by atoms with Crippen LogP contribution in [0.1, 0.15) is 11.1 Å². The van der Waals surface area contributed by atoms with E-state index in [9.17, 15) is 9.59 Å². The molecule has 0 saturated heterocycles. The summed E-state index contributed by atoms with van der Waals surface area (Å²) < 4.78 is 12.2. The molecule has 1 aromatic heterocycles. The van der Waals surface area contributed by atoms with Crippen molar-refractivity contribution < 1.29 is 9.47 Å². The average Bonchev–Trinajstić information content (AvgIpc) is 2.78. The number of hydrogen-bond acceptors (Lipinski definition) is 5. The molecule has 0 aliphatic rings. The second-order valence-electron chi connectivity index (χ2n) is 6.49. The lowest BCUT2D eigenvalue weighted by atomic mass is 10.2. The van der Waals surface area contributed by atoms with Gasteiger partial charge in [-0.15, -0.1) is 4.68 Å². The van der Waals surface area contributed by atoms with E-state index < -0.39 is 11.2 Å². The lowest BCUT2D eigenvalue weighted by Gasteiger charge is -2.13. The first kappa shape index (κ1) is 19.2. The van der Waals surface area contributed by atoms with E-state index in [1.165, 1.54) is 6.21 Å². The average molecular weight is 401 g/mol. The van der Waals surface area contributed by atoms with Gasteiger partial charge in [0.25, 0.3) is 5.56 Å². The van der Waals surface area contributed by atoms with Crippen molar-refractivity contribution in [2.45, 2.75) is 6.61 Å². The smallest absolute Gasteiger partial charge is 0.349 e. The number of methoxy groups -OCH3 is 1. The maximum Gasteiger partial charge on any atom is 0.349 e. The summed E-state index contributed by atoms with van der Waals surface area (Å²) in [6.07, 6.45) is 1.41. The maximum absolute atomic E-state index is 12.7. The lowest BCUT2D eigenvalue weighted by molar-refractivity contribution is 0.284. The highest BCUT2D eigenvalue weighted by atomic mass is 16.5. The highest BCUT2D eigenvalue weighted by Crippen LogP contribution is 2.30. The zero-order valence-corrected chi connectivity index (χ0v) is 16.2. The van der Waals surface area contributed by atoms with Gasteiger partial charge in [0.2, 0.25) is 0 Å². The molecule has 4 aromatic rings. The fourth-order valence-electron chi connectivity index (χ4n) is 3.06. The van der Waals surface area contributed by atoms with Crippen molar-refractivity contribution in [1.82, 2.24) is 9.66 Å². The van der Waals surface area contributed by atoms with Crippen LogP contribution < -0.4 is 20.7 Å². The third-order valence-corrected chi connectivity index (χ3v) is 4.55. The normalized spacial score (nSPS) is 11.1. The van der Waals surface area contributed by atoms with Crippen LogP contribution in [0, 0.1) is 0 Å². The second-order valence-corrected chi connectivity index (χ2v) is 6.49. The van der Waals surface area contributed by atoms with E-state index in [2.05, 4.69) is 10.1 Å². The van der Waals surface area contributed by atoms with Gasteiger partial charge in [-0.1, -0.05) is 48.5 Å². The molecule has 0 fully saturated rings. The van der Waals surface area contributed by atoms with Crippen molar-refractivity contribution in [2.24, 2.45) is 5.10 Å². The molecule has 3 aromatic carbocycles. The predicted octanol–water partition coefficient (Wildman–Crippen LogP) is 3.16. The summed E-state index contributed by atoms with van der Waals surface area (Å²) in [6.45, 7) is 0.332. The number of aromatic nitrogens is 2. The summed E-state index contributed by atoms with van der Waals surface area (Å²) >= 11 is 0. The van der Waals surface area contributed by atoms with Crippen molar-refractivity contribution in [3.63, 3.8) is 0 Å². The number of benzene rings is 3. The van der Waals surface area contributed by atoms with Crippen LogP contribution in [0.15, 0.2) is 87.5 Å². The lowest BCUT2D eigenvalue weighted by Crippen LogP contribution is -2.32. The van der Waals surface area contributed by atoms with Gasteiger partial charge in [-0.25, -0.2) is 4.79 Å². The van der Waals surface area contributed by atoms with Crippen LogP contribution in [0.3, 0.4) is 0 Å². The standard InChI is InChI=1S/C23H19N3O4/c1-29-20-13-7-10-17(21(20)30-15-16-8-3-2-4-9-16)14-24-26-22(27)18-11-5-6-12-19(18)25-23(26)28/h2-14H,15H2,1H3,(H,25,28). The van der Waals surface area contributed by atoms with Crippen molar-refractivity contribution >= 4 is 17.1 Å². The van der Waals surface area contributed by atoms with Crippen LogP contribution in [0.5, 0.6) is 11.5 Å². The molecule has 0 aliphatic carbocycles. The summed E-state index contributed by atoms with van der Waals surface area (Å²) in [5.41, 5.74) is 0.912. The van der Waals surface area contributed by atoms with Crippen LogP contribution in [0.4, 0.5) is 0 Å². The van der Waals surface area contributed by atoms with Gasteiger partial charge < -0.3 is 14.5 Å². The Bertz CT molecular complexity index is 1320. The summed E-state index contributed by atoms with van der Waals surface area (Å²) in [5, 5.41) is 4.49. The predicted molar refractivity (Wildman–Crippen MR) is 116 cm³/mol. The minimum Gasteiger partial charge on any atom is -0.493 e. The first-order valence-electron chi connectivity index (χ1n) is 9.29. The van der Waals surface area contributed by atoms with Gasteiger partial charge in [0.1, 0.15) is 6.61 Å². The van der Waals surface area contributed by atoms with Crippen molar-refractivity contribution in [3.05, 3.63) is 105 Å². The summed E-state index contributed by atoms with van der Waals surface area (Å²) in [4.78, 5) is 27.7. The van der Waals surface area contributed by atoms with Gasteiger partial charge in [0.15, 0.2) is 11.5 Å². The summed E-state index contributed by atoms with van der Waals surface area (Å²) in [6, 6.07) is 21.8. The molecule has 0 spiro atoms. The van der Waals surface area contributed by atoms with E-state index in [0.29, 0.717) is 34.6 Å². The number of fused-ring (bicyclic) bond motifs is 1. The van der Waals surface area contributed by atoms with Crippen LogP contribution in [0.2, 0.25) is 0 Å². The molecule has 0 saturated carbocycles. The zero-order valence-electron chi connectivity index (χ0n) is 16.2.